The van der Waals surface area contributed by atoms with Crippen LogP contribution in [0.25, 0.3) is 0 Å². The van der Waals surface area contributed by atoms with Gasteiger partial charge in [-0.2, -0.15) is 0 Å². The molecular weight excluding hydrogens is 360 g/mol. The Labute approximate surface area is 155 Å². The van der Waals surface area contributed by atoms with Crippen LogP contribution in [0.1, 0.15) is 23.0 Å². The minimum absolute atomic E-state index is 0.0876. The lowest BCUT2D eigenvalue weighted by atomic mass is 10.1. The molecule has 2 rings (SSSR count). The molecule has 0 bridgehead atoms. The van der Waals surface area contributed by atoms with Gasteiger partial charge in [0.05, 0.1) is 6.26 Å². The number of amides is 2. The van der Waals surface area contributed by atoms with E-state index in [2.05, 4.69) is 10.6 Å². The number of rotatable bonds is 8. The van der Waals surface area contributed by atoms with Gasteiger partial charge in [-0.1, -0.05) is 23.7 Å². The summed E-state index contributed by atoms with van der Waals surface area (Å²) in [6.07, 6.45) is 1.98. The summed E-state index contributed by atoms with van der Waals surface area (Å²) in [7, 11) is 0. The fraction of sp³-hybridized carbons (Fsp3) is 0.278. The summed E-state index contributed by atoms with van der Waals surface area (Å²) in [4.78, 5) is 35.3. The van der Waals surface area contributed by atoms with Crippen LogP contribution in [0.4, 0.5) is 0 Å². The molecule has 26 heavy (non-hydrogen) atoms. The second-order valence-electron chi connectivity index (χ2n) is 5.51. The van der Waals surface area contributed by atoms with Crippen LogP contribution in [0.5, 0.6) is 0 Å². The topological polar surface area (TPSA) is 97.6 Å². The average Bonchev–Trinajstić information content (AvgIpc) is 3.16. The van der Waals surface area contributed by atoms with Gasteiger partial charge in [0.15, 0.2) is 12.4 Å². The summed E-state index contributed by atoms with van der Waals surface area (Å²) in [6, 6.07) is 9.43. The molecule has 1 aromatic carbocycles. The molecule has 138 valence electrons. The maximum Gasteiger partial charge on any atom is 0.328 e. The molecule has 0 saturated heterocycles. The number of hydrogen-bond donors (Lipinski definition) is 2. The highest BCUT2D eigenvalue weighted by Gasteiger charge is 2.20. The number of carbonyl (C=O) groups is 3. The van der Waals surface area contributed by atoms with Gasteiger partial charge in [-0.05, 0) is 43.2 Å². The zero-order chi connectivity index (χ0) is 18.9. The maximum absolute atomic E-state index is 11.8. The number of esters is 1. The van der Waals surface area contributed by atoms with Gasteiger partial charge < -0.3 is 19.8 Å². The summed E-state index contributed by atoms with van der Waals surface area (Å²) in [5, 5.41) is 5.73. The van der Waals surface area contributed by atoms with Gasteiger partial charge in [-0.3, -0.25) is 9.59 Å². The molecule has 1 heterocycles. The van der Waals surface area contributed by atoms with Crippen LogP contribution in [0, 0.1) is 0 Å². The summed E-state index contributed by atoms with van der Waals surface area (Å²) < 4.78 is 9.81. The summed E-state index contributed by atoms with van der Waals surface area (Å²) in [5.74, 6) is -1.58. The van der Waals surface area contributed by atoms with Crippen LogP contribution >= 0.6 is 11.6 Å². The van der Waals surface area contributed by atoms with Crippen molar-refractivity contribution < 1.29 is 23.5 Å². The Hall–Kier alpha value is -2.80. The first-order valence-electron chi connectivity index (χ1n) is 7.98. The number of nitrogens with one attached hydrogen (secondary N) is 2. The van der Waals surface area contributed by atoms with Crippen molar-refractivity contribution in [1.82, 2.24) is 10.6 Å². The van der Waals surface area contributed by atoms with Crippen LogP contribution in [-0.4, -0.2) is 37.0 Å². The SMILES string of the molecule is C[C@H](NC(=O)c1ccco1)C(=O)OCC(=O)NCCc1ccc(Cl)cc1. The van der Waals surface area contributed by atoms with E-state index in [1.807, 2.05) is 12.1 Å². The quantitative estimate of drug-likeness (QED) is 0.684. The van der Waals surface area contributed by atoms with Gasteiger partial charge in [-0.15, -0.1) is 0 Å². The van der Waals surface area contributed by atoms with E-state index >= 15 is 0 Å². The van der Waals surface area contributed by atoms with Crippen molar-refractivity contribution in [2.45, 2.75) is 19.4 Å². The monoisotopic (exact) mass is 378 g/mol. The average molecular weight is 379 g/mol. The molecule has 0 saturated carbocycles. The van der Waals surface area contributed by atoms with E-state index in [1.165, 1.54) is 19.3 Å². The van der Waals surface area contributed by atoms with Crippen molar-refractivity contribution in [1.29, 1.82) is 0 Å². The third kappa shape index (κ3) is 6.25. The number of halogens is 1. The maximum atomic E-state index is 11.8. The number of benzene rings is 1. The first-order valence-corrected chi connectivity index (χ1v) is 8.35. The Kier molecular flexibility index (Phi) is 7.23. The van der Waals surface area contributed by atoms with E-state index in [9.17, 15) is 14.4 Å². The van der Waals surface area contributed by atoms with Crippen molar-refractivity contribution >= 4 is 29.4 Å². The van der Waals surface area contributed by atoms with Gasteiger partial charge in [0.25, 0.3) is 11.8 Å². The molecule has 2 amide bonds. The fourth-order valence-electron chi connectivity index (χ4n) is 2.04. The lowest BCUT2D eigenvalue weighted by Crippen LogP contribution is -2.41. The molecule has 2 N–H and O–H groups in total. The van der Waals surface area contributed by atoms with Crippen LogP contribution in [-0.2, 0) is 20.7 Å². The lowest BCUT2D eigenvalue weighted by Gasteiger charge is -2.12. The zero-order valence-corrected chi connectivity index (χ0v) is 14.9. The first-order chi connectivity index (χ1) is 12.5. The zero-order valence-electron chi connectivity index (χ0n) is 14.2. The van der Waals surface area contributed by atoms with Crippen molar-refractivity contribution in [3.63, 3.8) is 0 Å². The molecule has 1 atom stereocenters. The molecule has 0 fully saturated rings. The summed E-state index contributed by atoms with van der Waals surface area (Å²) in [5.41, 5.74) is 1.03. The Morgan fingerprint density at radius 2 is 1.92 bits per heavy atom. The molecule has 0 radical (unpaired) electrons. The number of ether oxygens (including phenoxy) is 1. The van der Waals surface area contributed by atoms with Gasteiger partial charge in [0.1, 0.15) is 6.04 Å². The first kappa shape index (κ1) is 19.5. The minimum atomic E-state index is -0.908. The number of hydrogen-bond acceptors (Lipinski definition) is 5. The number of carbonyl (C=O) groups excluding carboxylic acids is 3. The molecule has 0 unspecified atom stereocenters. The Morgan fingerprint density at radius 3 is 2.58 bits per heavy atom. The van der Waals surface area contributed by atoms with E-state index in [0.717, 1.165) is 5.56 Å². The smallest absolute Gasteiger partial charge is 0.328 e. The van der Waals surface area contributed by atoms with Crippen LogP contribution in [0.15, 0.2) is 47.1 Å². The van der Waals surface area contributed by atoms with Gasteiger partial charge >= 0.3 is 5.97 Å². The lowest BCUT2D eigenvalue weighted by molar-refractivity contribution is -0.150. The van der Waals surface area contributed by atoms with E-state index < -0.39 is 30.4 Å². The second-order valence-corrected chi connectivity index (χ2v) is 5.94. The molecule has 8 heteroatoms. The van der Waals surface area contributed by atoms with Gasteiger partial charge in [0.2, 0.25) is 0 Å². The molecule has 1 aromatic heterocycles. The third-order valence-corrected chi connectivity index (χ3v) is 3.69. The molecule has 2 aromatic rings. The Bertz CT molecular complexity index is 743. The normalized spacial score (nSPS) is 11.5. The van der Waals surface area contributed by atoms with Crippen molar-refractivity contribution in [3.05, 3.63) is 59.0 Å². The molecule has 0 aliphatic carbocycles. The molecule has 0 spiro atoms. The van der Waals surface area contributed by atoms with E-state index in [1.54, 1.807) is 18.2 Å². The van der Waals surface area contributed by atoms with Gasteiger partial charge in [-0.25, -0.2) is 4.79 Å². The predicted molar refractivity (Wildman–Crippen MR) is 94.8 cm³/mol. The Balaban J connectivity index is 1.65. The van der Waals surface area contributed by atoms with Crippen LogP contribution in [0.3, 0.4) is 0 Å². The van der Waals surface area contributed by atoms with Gasteiger partial charge in [0, 0.05) is 11.6 Å². The van der Waals surface area contributed by atoms with Crippen molar-refractivity contribution in [2.75, 3.05) is 13.2 Å². The molecule has 0 aliphatic rings. The summed E-state index contributed by atoms with van der Waals surface area (Å²) in [6.45, 7) is 1.45. The Morgan fingerprint density at radius 1 is 1.19 bits per heavy atom. The van der Waals surface area contributed by atoms with Crippen molar-refractivity contribution in [3.8, 4) is 0 Å². The van der Waals surface area contributed by atoms with Crippen LogP contribution < -0.4 is 10.6 Å². The van der Waals surface area contributed by atoms with Crippen molar-refractivity contribution in [2.24, 2.45) is 0 Å². The molecule has 7 nitrogen and oxygen atoms in total. The molecular formula is C18H19ClN2O5. The largest absolute Gasteiger partial charge is 0.459 e. The minimum Gasteiger partial charge on any atom is -0.459 e. The standard InChI is InChI=1S/C18H19ClN2O5/c1-12(21-17(23)15-3-2-10-25-15)18(24)26-11-16(22)20-9-8-13-4-6-14(19)7-5-13/h2-7,10,12H,8-9,11H2,1H3,(H,20,22)(H,21,23)/t12-/m0/s1. The highest BCUT2D eigenvalue weighted by molar-refractivity contribution is 6.30. The van der Waals surface area contributed by atoms with Crippen LogP contribution in [0.2, 0.25) is 5.02 Å². The second kappa shape index (κ2) is 9.62. The third-order valence-electron chi connectivity index (χ3n) is 3.44. The van der Waals surface area contributed by atoms with E-state index in [0.29, 0.717) is 18.0 Å². The molecule has 0 aliphatic heterocycles. The fourth-order valence-corrected chi connectivity index (χ4v) is 2.17. The number of furan rings is 1. The highest BCUT2D eigenvalue weighted by atomic mass is 35.5. The highest BCUT2D eigenvalue weighted by Crippen LogP contribution is 2.09. The summed E-state index contributed by atoms with van der Waals surface area (Å²) >= 11 is 5.80. The van der Waals surface area contributed by atoms with E-state index in [4.69, 9.17) is 20.8 Å². The predicted octanol–water partition coefficient (Wildman–Crippen LogP) is 1.95. The van der Waals surface area contributed by atoms with E-state index in [-0.39, 0.29) is 5.76 Å².